The van der Waals surface area contributed by atoms with Crippen LogP contribution in [0.4, 0.5) is 0 Å². The molecule has 0 spiro atoms. The lowest BCUT2D eigenvalue weighted by Gasteiger charge is -2.33. The summed E-state index contributed by atoms with van der Waals surface area (Å²) in [5, 5.41) is 3.02. The molecule has 3 rings (SSSR count). The largest absolute Gasteiger partial charge is 0.494 e. The summed E-state index contributed by atoms with van der Waals surface area (Å²) in [4.78, 5) is 14.8. The molecule has 0 bridgehead atoms. The standard InChI is InChI=1S/C19H24N2O4/c1-2-24-16-6-3-5-15(13-16)19(22)20-14-17(18-7-4-10-25-18)21-8-11-23-12-9-21/h3-7,10,13,17H,2,8-9,11-12,14H2,1H3,(H,20,22)/t17-/m1/s1. The van der Waals surface area contributed by atoms with Crippen molar-refractivity contribution in [2.45, 2.75) is 13.0 Å². The van der Waals surface area contributed by atoms with Gasteiger partial charge in [0.05, 0.1) is 32.1 Å². The van der Waals surface area contributed by atoms with Crippen LogP contribution in [0.25, 0.3) is 0 Å². The zero-order chi connectivity index (χ0) is 17.5. The second kappa shape index (κ2) is 8.69. The fraction of sp³-hybridized carbons (Fsp3) is 0.421. The zero-order valence-electron chi connectivity index (χ0n) is 14.4. The van der Waals surface area contributed by atoms with Crippen molar-refractivity contribution in [3.8, 4) is 5.75 Å². The van der Waals surface area contributed by atoms with Gasteiger partial charge in [-0.05, 0) is 37.3 Å². The smallest absolute Gasteiger partial charge is 0.251 e. The van der Waals surface area contributed by atoms with Gasteiger partial charge >= 0.3 is 0 Å². The van der Waals surface area contributed by atoms with Gasteiger partial charge in [-0.25, -0.2) is 0 Å². The maximum Gasteiger partial charge on any atom is 0.251 e. The minimum Gasteiger partial charge on any atom is -0.494 e. The minimum absolute atomic E-state index is 0.00192. The van der Waals surface area contributed by atoms with Crippen LogP contribution in [-0.2, 0) is 4.74 Å². The van der Waals surface area contributed by atoms with E-state index in [4.69, 9.17) is 13.9 Å². The lowest BCUT2D eigenvalue weighted by atomic mass is 10.1. The van der Waals surface area contributed by atoms with Gasteiger partial charge in [-0.1, -0.05) is 6.07 Å². The molecule has 1 amide bonds. The van der Waals surface area contributed by atoms with Crippen LogP contribution in [0.5, 0.6) is 5.75 Å². The van der Waals surface area contributed by atoms with Crippen LogP contribution in [0.1, 0.15) is 29.1 Å². The molecule has 2 heterocycles. The predicted octanol–water partition coefficient (Wildman–Crippen LogP) is 2.48. The number of nitrogens with one attached hydrogen (secondary N) is 1. The van der Waals surface area contributed by atoms with Gasteiger partial charge in [-0.3, -0.25) is 9.69 Å². The van der Waals surface area contributed by atoms with Gasteiger partial charge in [0.15, 0.2) is 0 Å². The summed E-state index contributed by atoms with van der Waals surface area (Å²) in [5.74, 6) is 1.43. The minimum atomic E-state index is -0.119. The maximum atomic E-state index is 12.5. The van der Waals surface area contributed by atoms with Gasteiger partial charge in [0.25, 0.3) is 5.91 Å². The van der Waals surface area contributed by atoms with E-state index in [1.165, 1.54) is 0 Å². The molecular weight excluding hydrogens is 320 g/mol. The summed E-state index contributed by atoms with van der Waals surface area (Å²) in [6.45, 7) is 6.00. The predicted molar refractivity (Wildman–Crippen MR) is 93.8 cm³/mol. The first-order chi connectivity index (χ1) is 12.3. The molecule has 1 atom stereocenters. The first-order valence-corrected chi connectivity index (χ1v) is 8.64. The molecule has 0 unspecified atom stereocenters. The van der Waals surface area contributed by atoms with Crippen LogP contribution in [-0.4, -0.2) is 50.3 Å². The summed E-state index contributed by atoms with van der Waals surface area (Å²) < 4.78 is 16.5. The summed E-state index contributed by atoms with van der Waals surface area (Å²) in [6.07, 6.45) is 1.66. The number of amides is 1. The van der Waals surface area contributed by atoms with Crippen molar-refractivity contribution >= 4 is 5.91 Å². The molecule has 134 valence electrons. The van der Waals surface area contributed by atoms with Crippen molar-refractivity contribution in [2.24, 2.45) is 0 Å². The van der Waals surface area contributed by atoms with Crippen molar-refractivity contribution in [3.63, 3.8) is 0 Å². The van der Waals surface area contributed by atoms with E-state index in [9.17, 15) is 4.79 Å². The topological polar surface area (TPSA) is 63.9 Å². The number of carbonyl (C=O) groups is 1. The Morgan fingerprint density at radius 1 is 1.28 bits per heavy atom. The molecule has 1 aliphatic heterocycles. The molecule has 2 aromatic rings. The summed E-state index contributed by atoms with van der Waals surface area (Å²) in [6, 6.07) is 11.0. The van der Waals surface area contributed by atoms with E-state index in [1.807, 2.05) is 31.2 Å². The molecule has 1 N–H and O–H groups in total. The van der Waals surface area contributed by atoms with Crippen LogP contribution in [0.2, 0.25) is 0 Å². The Balaban J connectivity index is 1.66. The van der Waals surface area contributed by atoms with Crippen molar-refractivity contribution in [2.75, 3.05) is 39.5 Å². The quantitative estimate of drug-likeness (QED) is 0.836. The van der Waals surface area contributed by atoms with Gasteiger partial charge in [-0.2, -0.15) is 0 Å². The van der Waals surface area contributed by atoms with Crippen molar-refractivity contribution in [3.05, 3.63) is 54.0 Å². The Hall–Kier alpha value is -2.31. The highest BCUT2D eigenvalue weighted by Crippen LogP contribution is 2.22. The van der Waals surface area contributed by atoms with Gasteiger partial charge in [-0.15, -0.1) is 0 Å². The van der Waals surface area contributed by atoms with Gasteiger partial charge in [0, 0.05) is 25.2 Å². The van der Waals surface area contributed by atoms with Gasteiger partial charge < -0.3 is 19.2 Å². The summed E-state index contributed by atoms with van der Waals surface area (Å²) in [7, 11) is 0. The van der Waals surface area contributed by atoms with Crippen molar-refractivity contribution in [1.82, 2.24) is 10.2 Å². The van der Waals surface area contributed by atoms with Crippen LogP contribution in [0.15, 0.2) is 47.1 Å². The molecule has 1 fully saturated rings. The molecule has 0 aliphatic carbocycles. The number of hydrogen-bond acceptors (Lipinski definition) is 5. The van der Waals surface area contributed by atoms with E-state index in [0.29, 0.717) is 37.7 Å². The molecule has 6 nitrogen and oxygen atoms in total. The average Bonchev–Trinajstić information content (AvgIpc) is 3.18. The van der Waals surface area contributed by atoms with E-state index in [0.717, 1.165) is 18.8 Å². The molecule has 1 aliphatic rings. The molecule has 25 heavy (non-hydrogen) atoms. The monoisotopic (exact) mass is 344 g/mol. The maximum absolute atomic E-state index is 12.5. The van der Waals surface area contributed by atoms with Gasteiger partial charge in [0.2, 0.25) is 0 Å². The second-order valence-corrected chi connectivity index (χ2v) is 5.85. The van der Waals surface area contributed by atoms with Crippen LogP contribution >= 0.6 is 0 Å². The lowest BCUT2D eigenvalue weighted by molar-refractivity contribution is 0.0118. The number of ether oxygens (including phenoxy) is 2. The third-order valence-electron chi connectivity index (χ3n) is 4.22. The first kappa shape index (κ1) is 17.5. The Kier molecular flexibility index (Phi) is 6.09. The molecule has 1 saturated heterocycles. The number of hydrogen-bond donors (Lipinski definition) is 1. The van der Waals surface area contributed by atoms with E-state index in [2.05, 4.69) is 10.2 Å². The van der Waals surface area contributed by atoms with Crippen LogP contribution in [0, 0.1) is 0 Å². The molecule has 0 saturated carbocycles. The Morgan fingerprint density at radius 3 is 2.84 bits per heavy atom. The second-order valence-electron chi connectivity index (χ2n) is 5.85. The SMILES string of the molecule is CCOc1cccc(C(=O)NC[C@H](c2ccco2)N2CCOCC2)c1. The Morgan fingerprint density at radius 2 is 2.12 bits per heavy atom. The first-order valence-electron chi connectivity index (χ1n) is 8.64. The number of carbonyl (C=O) groups excluding carboxylic acids is 1. The third-order valence-corrected chi connectivity index (χ3v) is 4.22. The fourth-order valence-corrected chi connectivity index (χ4v) is 2.96. The number of rotatable bonds is 7. The number of benzene rings is 1. The number of nitrogens with zero attached hydrogens (tertiary/aromatic N) is 1. The van der Waals surface area contributed by atoms with Crippen LogP contribution in [0.3, 0.4) is 0 Å². The Bertz CT molecular complexity index is 666. The lowest BCUT2D eigenvalue weighted by Crippen LogP contribution is -2.43. The molecule has 6 heteroatoms. The van der Waals surface area contributed by atoms with E-state index in [-0.39, 0.29) is 11.9 Å². The molecule has 1 aromatic heterocycles. The van der Waals surface area contributed by atoms with E-state index < -0.39 is 0 Å². The summed E-state index contributed by atoms with van der Waals surface area (Å²) in [5.41, 5.74) is 0.589. The zero-order valence-corrected chi connectivity index (χ0v) is 14.4. The highest BCUT2D eigenvalue weighted by molar-refractivity contribution is 5.94. The molecule has 0 radical (unpaired) electrons. The third kappa shape index (κ3) is 4.61. The van der Waals surface area contributed by atoms with E-state index in [1.54, 1.807) is 18.4 Å². The highest BCUT2D eigenvalue weighted by atomic mass is 16.5. The molecule has 1 aromatic carbocycles. The Labute approximate surface area is 147 Å². The van der Waals surface area contributed by atoms with Crippen LogP contribution < -0.4 is 10.1 Å². The van der Waals surface area contributed by atoms with Gasteiger partial charge in [0.1, 0.15) is 11.5 Å². The number of morpholine rings is 1. The van der Waals surface area contributed by atoms with Crippen molar-refractivity contribution < 1.29 is 18.7 Å². The highest BCUT2D eigenvalue weighted by Gasteiger charge is 2.25. The number of furan rings is 1. The molecular formula is C19H24N2O4. The normalized spacial score (nSPS) is 16.4. The summed E-state index contributed by atoms with van der Waals surface area (Å²) >= 11 is 0. The van der Waals surface area contributed by atoms with Crippen molar-refractivity contribution in [1.29, 1.82) is 0 Å². The average molecular weight is 344 g/mol. The fourth-order valence-electron chi connectivity index (χ4n) is 2.96. The van der Waals surface area contributed by atoms with E-state index >= 15 is 0 Å².